The quantitative estimate of drug-likeness (QED) is 0.742. The molecule has 0 atom stereocenters. The summed E-state index contributed by atoms with van der Waals surface area (Å²) in [6.45, 7) is 1.91. The molecule has 122 valence electrons. The minimum atomic E-state index is -0.295. The van der Waals surface area contributed by atoms with Crippen molar-refractivity contribution in [2.75, 3.05) is 11.9 Å². The lowest BCUT2D eigenvalue weighted by atomic mass is 10.1. The molecule has 0 unspecified atom stereocenters. The van der Waals surface area contributed by atoms with Crippen molar-refractivity contribution in [3.63, 3.8) is 0 Å². The number of aromatic nitrogens is 2. The molecular formula is C17H14ClN3O2S. The number of aryl methyl sites for hydroxylation is 1. The van der Waals surface area contributed by atoms with E-state index in [9.17, 15) is 4.79 Å². The van der Waals surface area contributed by atoms with Gasteiger partial charge in [-0.1, -0.05) is 41.4 Å². The minimum Gasteiger partial charge on any atom is -0.484 e. The maximum Gasteiger partial charge on any atom is 0.264 e. The van der Waals surface area contributed by atoms with E-state index in [1.165, 1.54) is 5.56 Å². The lowest BCUT2D eigenvalue weighted by Crippen LogP contribution is -2.20. The summed E-state index contributed by atoms with van der Waals surface area (Å²) in [5.41, 5.74) is 2.08. The third kappa shape index (κ3) is 4.31. The fraction of sp³-hybridized carbons (Fsp3) is 0.118. The van der Waals surface area contributed by atoms with Crippen LogP contribution in [0.5, 0.6) is 5.75 Å². The maximum absolute atomic E-state index is 11.9. The molecule has 1 aromatic heterocycles. The van der Waals surface area contributed by atoms with E-state index in [-0.39, 0.29) is 12.5 Å². The molecule has 24 heavy (non-hydrogen) atoms. The highest BCUT2D eigenvalue weighted by Gasteiger charge is 2.10. The molecule has 0 saturated carbocycles. The molecule has 0 spiro atoms. The predicted molar refractivity (Wildman–Crippen MR) is 95.7 cm³/mol. The fourth-order valence-corrected chi connectivity index (χ4v) is 2.66. The SMILES string of the molecule is Cc1ccc(-c2nsc(NC(=O)COc3ccc(Cl)cc3)n2)cc1. The average Bonchev–Trinajstić information content (AvgIpc) is 3.03. The normalized spacial score (nSPS) is 10.4. The van der Waals surface area contributed by atoms with Gasteiger partial charge in [-0.05, 0) is 31.2 Å². The van der Waals surface area contributed by atoms with Gasteiger partial charge < -0.3 is 4.74 Å². The van der Waals surface area contributed by atoms with Crippen LogP contribution in [-0.4, -0.2) is 21.9 Å². The molecular weight excluding hydrogens is 346 g/mol. The number of carbonyl (C=O) groups is 1. The molecule has 1 amide bonds. The van der Waals surface area contributed by atoms with Gasteiger partial charge in [-0.25, -0.2) is 0 Å². The Morgan fingerprint density at radius 3 is 2.58 bits per heavy atom. The van der Waals surface area contributed by atoms with E-state index >= 15 is 0 Å². The second kappa shape index (κ2) is 7.42. The molecule has 0 aliphatic rings. The van der Waals surface area contributed by atoms with Gasteiger partial charge in [0.15, 0.2) is 12.4 Å². The summed E-state index contributed by atoms with van der Waals surface area (Å²) in [6.07, 6.45) is 0. The Kier molecular flexibility index (Phi) is 5.08. The molecule has 1 heterocycles. The first kappa shape index (κ1) is 16.4. The van der Waals surface area contributed by atoms with Gasteiger partial charge in [0, 0.05) is 22.1 Å². The lowest BCUT2D eigenvalue weighted by Gasteiger charge is -2.05. The van der Waals surface area contributed by atoms with Gasteiger partial charge in [-0.2, -0.15) is 9.36 Å². The highest BCUT2D eigenvalue weighted by Crippen LogP contribution is 2.21. The Morgan fingerprint density at radius 2 is 1.88 bits per heavy atom. The second-order valence-corrected chi connectivity index (χ2v) is 6.27. The van der Waals surface area contributed by atoms with Crippen molar-refractivity contribution in [2.45, 2.75) is 6.92 Å². The van der Waals surface area contributed by atoms with Crippen molar-refractivity contribution in [2.24, 2.45) is 0 Å². The number of anilines is 1. The number of hydrogen-bond acceptors (Lipinski definition) is 5. The van der Waals surface area contributed by atoms with Crippen LogP contribution in [0.4, 0.5) is 5.13 Å². The van der Waals surface area contributed by atoms with Gasteiger partial charge >= 0.3 is 0 Å². The van der Waals surface area contributed by atoms with E-state index in [1.54, 1.807) is 24.3 Å². The summed E-state index contributed by atoms with van der Waals surface area (Å²) < 4.78 is 9.64. The topological polar surface area (TPSA) is 64.1 Å². The van der Waals surface area contributed by atoms with Crippen molar-refractivity contribution >= 4 is 34.2 Å². The number of nitrogens with one attached hydrogen (secondary N) is 1. The summed E-state index contributed by atoms with van der Waals surface area (Å²) in [6, 6.07) is 14.7. The first-order valence-corrected chi connectivity index (χ1v) is 8.34. The number of rotatable bonds is 5. The summed E-state index contributed by atoms with van der Waals surface area (Å²) in [7, 11) is 0. The van der Waals surface area contributed by atoms with E-state index < -0.39 is 0 Å². The van der Waals surface area contributed by atoms with E-state index in [2.05, 4.69) is 14.7 Å². The van der Waals surface area contributed by atoms with Crippen molar-refractivity contribution in [3.8, 4) is 17.1 Å². The lowest BCUT2D eigenvalue weighted by molar-refractivity contribution is -0.118. The van der Waals surface area contributed by atoms with Gasteiger partial charge in [0.1, 0.15) is 5.75 Å². The number of benzene rings is 2. The number of hydrogen-bond donors (Lipinski definition) is 1. The standard InChI is InChI=1S/C17H14ClN3O2S/c1-11-2-4-12(5-3-11)16-20-17(24-21-16)19-15(22)10-23-14-8-6-13(18)7-9-14/h2-9H,10H2,1H3,(H,19,20,21,22). The van der Waals surface area contributed by atoms with E-state index in [0.29, 0.717) is 21.7 Å². The van der Waals surface area contributed by atoms with Crippen LogP contribution in [0.3, 0.4) is 0 Å². The van der Waals surface area contributed by atoms with E-state index in [0.717, 1.165) is 17.1 Å². The molecule has 0 radical (unpaired) electrons. The Balaban J connectivity index is 1.57. The van der Waals surface area contributed by atoms with Crippen molar-refractivity contribution < 1.29 is 9.53 Å². The van der Waals surface area contributed by atoms with Crippen LogP contribution in [0.15, 0.2) is 48.5 Å². The number of carbonyl (C=O) groups excluding carboxylic acids is 1. The first-order chi connectivity index (χ1) is 11.6. The molecule has 3 aromatic rings. The van der Waals surface area contributed by atoms with E-state index in [1.807, 2.05) is 31.2 Å². The second-order valence-electron chi connectivity index (χ2n) is 5.08. The Labute approximate surface area is 148 Å². The van der Waals surface area contributed by atoms with Gasteiger partial charge in [0.05, 0.1) is 0 Å². The Morgan fingerprint density at radius 1 is 1.17 bits per heavy atom. The van der Waals surface area contributed by atoms with Crippen molar-refractivity contribution in [1.82, 2.24) is 9.36 Å². The van der Waals surface area contributed by atoms with Gasteiger partial charge in [0.2, 0.25) is 5.13 Å². The molecule has 2 aromatic carbocycles. The smallest absolute Gasteiger partial charge is 0.264 e. The predicted octanol–water partition coefficient (Wildman–Crippen LogP) is 4.18. The van der Waals surface area contributed by atoms with Crippen molar-refractivity contribution in [3.05, 3.63) is 59.1 Å². The van der Waals surface area contributed by atoms with Crippen LogP contribution < -0.4 is 10.1 Å². The zero-order valence-electron chi connectivity index (χ0n) is 12.8. The maximum atomic E-state index is 11.9. The third-order valence-electron chi connectivity index (χ3n) is 3.17. The highest BCUT2D eigenvalue weighted by atomic mass is 35.5. The molecule has 0 aliphatic heterocycles. The van der Waals surface area contributed by atoms with Crippen LogP contribution in [0, 0.1) is 6.92 Å². The van der Waals surface area contributed by atoms with Crippen LogP contribution in [0.25, 0.3) is 11.4 Å². The largest absolute Gasteiger partial charge is 0.484 e. The molecule has 0 fully saturated rings. The molecule has 1 N–H and O–H groups in total. The monoisotopic (exact) mass is 359 g/mol. The summed E-state index contributed by atoms with van der Waals surface area (Å²) in [5, 5.41) is 3.74. The minimum absolute atomic E-state index is 0.110. The average molecular weight is 360 g/mol. The fourth-order valence-electron chi connectivity index (χ4n) is 1.93. The van der Waals surface area contributed by atoms with Gasteiger partial charge in [0.25, 0.3) is 5.91 Å². The molecule has 5 nitrogen and oxygen atoms in total. The number of nitrogens with zero attached hydrogens (tertiary/aromatic N) is 2. The highest BCUT2D eigenvalue weighted by molar-refractivity contribution is 7.10. The molecule has 0 saturated heterocycles. The number of halogens is 1. The van der Waals surface area contributed by atoms with Gasteiger partial charge in [-0.15, -0.1) is 0 Å². The van der Waals surface area contributed by atoms with E-state index in [4.69, 9.17) is 16.3 Å². The first-order valence-electron chi connectivity index (χ1n) is 7.19. The van der Waals surface area contributed by atoms with Crippen LogP contribution in [-0.2, 0) is 4.79 Å². The zero-order valence-corrected chi connectivity index (χ0v) is 14.4. The van der Waals surface area contributed by atoms with Gasteiger partial charge in [-0.3, -0.25) is 10.1 Å². The third-order valence-corrected chi connectivity index (χ3v) is 4.05. The van der Waals surface area contributed by atoms with Crippen LogP contribution in [0.2, 0.25) is 5.02 Å². The Bertz CT molecular complexity index is 832. The zero-order chi connectivity index (χ0) is 16.9. The Hall–Kier alpha value is -2.44. The summed E-state index contributed by atoms with van der Waals surface area (Å²) >= 11 is 6.93. The van der Waals surface area contributed by atoms with Crippen molar-refractivity contribution in [1.29, 1.82) is 0 Å². The molecule has 0 aliphatic carbocycles. The number of amides is 1. The molecule has 7 heteroatoms. The summed E-state index contributed by atoms with van der Waals surface area (Å²) in [5.74, 6) is 0.873. The van der Waals surface area contributed by atoms with Crippen LogP contribution >= 0.6 is 23.1 Å². The number of ether oxygens (including phenoxy) is 1. The summed E-state index contributed by atoms with van der Waals surface area (Å²) in [4.78, 5) is 16.2. The molecule has 3 rings (SSSR count). The van der Waals surface area contributed by atoms with Crippen LogP contribution in [0.1, 0.15) is 5.56 Å². The molecule has 0 bridgehead atoms.